The number of nitrogens with zero attached hydrogens (tertiary/aromatic N) is 1. The van der Waals surface area contributed by atoms with Gasteiger partial charge in [0.15, 0.2) is 0 Å². The molecule has 0 saturated carbocycles. The van der Waals surface area contributed by atoms with Crippen molar-refractivity contribution in [3.8, 4) is 0 Å². The topological polar surface area (TPSA) is 59.9 Å². The molecule has 17 heavy (non-hydrogen) atoms. The number of nitrogens with one attached hydrogen (secondary N) is 1. The van der Waals surface area contributed by atoms with Gasteiger partial charge in [0.25, 0.3) is 0 Å². The summed E-state index contributed by atoms with van der Waals surface area (Å²) in [6.45, 7) is 9.23. The number of alkyl carbamates (subject to hydrolysis) is 1. The summed E-state index contributed by atoms with van der Waals surface area (Å²) < 4.78 is 14.4. The molecule has 0 saturated heterocycles. The van der Waals surface area contributed by atoms with Gasteiger partial charge in [-0.05, 0) is 39.6 Å². The maximum Gasteiger partial charge on any atom is 0.408 e. The maximum atomic E-state index is 11.5. The van der Waals surface area contributed by atoms with Crippen LogP contribution in [0.5, 0.6) is 0 Å². The van der Waals surface area contributed by atoms with E-state index in [1.807, 2.05) is 27.7 Å². The van der Waals surface area contributed by atoms with Crippen LogP contribution < -0.4 is 5.32 Å². The van der Waals surface area contributed by atoms with Crippen molar-refractivity contribution in [2.45, 2.75) is 46.3 Å². The summed E-state index contributed by atoms with van der Waals surface area (Å²) in [5, 5.41) is 2.67. The number of carbonyl (C=O) groups is 1. The van der Waals surface area contributed by atoms with E-state index >= 15 is 0 Å². The van der Waals surface area contributed by atoms with Crippen molar-refractivity contribution in [2.24, 2.45) is 4.40 Å². The van der Waals surface area contributed by atoms with Gasteiger partial charge in [-0.15, -0.1) is 0 Å². The third-order valence-corrected chi connectivity index (χ3v) is 2.16. The van der Waals surface area contributed by atoms with Gasteiger partial charge < -0.3 is 14.8 Å². The number of hydrogen-bond acceptors (Lipinski definition) is 5. The fourth-order valence-corrected chi connectivity index (χ4v) is 1.46. The van der Waals surface area contributed by atoms with E-state index in [1.54, 1.807) is 6.92 Å². The van der Waals surface area contributed by atoms with Crippen LogP contribution in [-0.2, 0) is 9.47 Å². The van der Waals surface area contributed by atoms with Crippen molar-refractivity contribution in [2.75, 3.05) is 12.9 Å². The molecule has 0 aliphatic heterocycles. The summed E-state index contributed by atoms with van der Waals surface area (Å²) in [6.07, 6.45) is -0.476. The molecule has 100 valence electrons. The van der Waals surface area contributed by atoms with E-state index in [2.05, 4.69) is 9.71 Å². The van der Waals surface area contributed by atoms with E-state index in [4.69, 9.17) is 9.47 Å². The molecule has 0 bridgehead atoms. The molecule has 0 radical (unpaired) electrons. The van der Waals surface area contributed by atoms with Crippen molar-refractivity contribution in [3.63, 3.8) is 0 Å². The van der Waals surface area contributed by atoms with Crippen LogP contribution in [0, 0.1) is 0 Å². The Kier molecular flexibility index (Phi) is 7.03. The fourth-order valence-electron chi connectivity index (χ4n) is 0.967. The van der Waals surface area contributed by atoms with Gasteiger partial charge in [0, 0.05) is 5.75 Å². The molecule has 0 spiro atoms. The fraction of sp³-hybridized carbons (Fsp3) is 0.818. The Hall–Kier alpha value is -0.910. The van der Waals surface area contributed by atoms with Gasteiger partial charge >= 0.3 is 6.09 Å². The Bertz CT molecular complexity index is 274. The highest BCUT2D eigenvalue weighted by atomic mass is 32.2. The van der Waals surface area contributed by atoms with Crippen LogP contribution in [-0.4, -0.2) is 36.5 Å². The molecular formula is C11H22N2O3S. The summed E-state index contributed by atoms with van der Waals surface area (Å²) in [7, 11) is 1.53. The molecule has 5 nitrogen and oxygen atoms in total. The Balaban J connectivity index is 4.31. The largest absolute Gasteiger partial charge is 0.482 e. The number of carbonyl (C=O) groups excluding carboxylic acids is 1. The second-order valence-electron chi connectivity index (χ2n) is 4.42. The predicted octanol–water partition coefficient (Wildman–Crippen LogP) is 2.61. The van der Waals surface area contributed by atoms with Crippen molar-refractivity contribution >= 4 is 23.9 Å². The molecule has 6 heteroatoms. The first-order chi connectivity index (χ1) is 7.80. The van der Waals surface area contributed by atoms with E-state index in [-0.39, 0.29) is 6.04 Å². The Morgan fingerprint density at radius 1 is 1.47 bits per heavy atom. The van der Waals surface area contributed by atoms with Crippen LogP contribution >= 0.6 is 11.9 Å². The number of methoxy groups -OCH3 is 1. The zero-order valence-corrected chi connectivity index (χ0v) is 12.2. The van der Waals surface area contributed by atoms with Crippen molar-refractivity contribution < 1.29 is 14.3 Å². The van der Waals surface area contributed by atoms with E-state index in [9.17, 15) is 4.79 Å². The lowest BCUT2D eigenvalue weighted by molar-refractivity contribution is 0.0517. The SMILES string of the molecule is CCSN=C(OC)C(C)NC(=O)OC(C)(C)C. The Morgan fingerprint density at radius 2 is 2.06 bits per heavy atom. The van der Waals surface area contributed by atoms with Gasteiger partial charge in [-0.25, -0.2) is 4.79 Å². The molecule has 1 atom stereocenters. The van der Waals surface area contributed by atoms with Gasteiger partial charge in [-0.2, -0.15) is 4.40 Å². The van der Waals surface area contributed by atoms with E-state index < -0.39 is 11.7 Å². The summed E-state index contributed by atoms with van der Waals surface area (Å²) in [5.74, 6) is 1.33. The third-order valence-electron chi connectivity index (χ3n) is 1.60. The normalized spacial score (nSPS) is 14.1. The van der Waals surface area contributed by atoms with Crippen LogP contribution in [0.2, 0.25) is 0 Å². The standard InChI is InChI=1S/C11H22N2O3S/c1-7-17-13-9(15-6)8(2)12-10(14)16-11(3,4)5/h8H,7H2,1-6H3,(H,12,14). The molecule has 0 aliphatic carbocycles. The smallest absolute Gasteiger partial charge is 0.408 e. The van der Waals surface area contributed by atoms with Gasteiger partial charge in [-0.3, -0.25) is 0 Å². The minimum Gasteiger partial charge on any atom is -0.482 e. The van der Waals surface area contributed by atoms with Gasteiger partial charge in [0.2, 0.25) is 5.90 Å². The molecule has 0 aromatic carbocycles. The minimum absolute atomic E-state index is 0.311. The lowest BCUT2D eigenvalue weighted by Crippen LogP contribution is -2.42. The highest BCUT2D eigenvalue weighted by molar-refractivity contribution is 7.98. The first-order valence-electron chi connectivity index (χ1n) is 5.53. The lowest BCUT2D eigenvalue weighted by Gasteiger charge is -2.22. The average Bonchev–Trinajstić information content (AvgIpc) is 2.15. The molecule has 0 aromatic heterocycles. The number of amides is 1. The number of hydrogen-bond donors (Lipinski definition) is 1. The highest BCUT2D eigenvalue weighted by Gasteiger charge is 2.20. The monoisotopic (exact) mass is 262 g/mol. The van der Waals surface area contributed by atoms with Gasteiger partial charge in [-0.1, -0.05) is 6.92 Å². The van der Waals surface area contributed by atoms with E-state index in [0.717, 1.165) is 5.75 Å². The minimum atomic E-state index is -0.508. The molecule has 0 aliphatic rings. The second-order valence-corrected chi connectivity index (χ2v) is 5.44. The zero-order valence-electron chi connectivity index (χ0n) is 11.4. The van der Waals surface area contributed by atoms with Crippen molar-refractivity contribution in [1.29, 1.82) is 0 Å². The summed E-state index contributed by atoms with van der Waals surface area (Å²) >= 11 is 1.38. The van der Waals surface area contributed by atoms with Crippen LogP contribution in [0.1, 0.15) is 34.6 Å². The van der Waals surface area contributed by atoms with Gasteiger partial charge in [0.1, 0.15) is 11.6 Å². The zero-order chi connectivity index (χ0) is 13.5. The van der Waals surface area contributed by atoms with Crippen LogP contribution in [0.15, 0.2) is 4.40 Å². The predicted molar refractivity (Wildman–Crippen MR) is 71.4 cm³/mol. The summed E-state index contributed by atoms with van der Waals surface area (Å²) in [4.78, 5) is 11.5. The maximum absolute atomic E-state index is 11.5. The second kappa shape index (κ2) is 7.42. The van der Waals surface area contributed by atoms with Crippen molar-refractivity contribution in [1.82, 2.24) is 5.32 Å². The molecular weight excluding hydrogens is 240 g/mol. The molecule has 1 unspecified atom stereocenters. The van der Waals surface area contributed by atoms with Crippen LogP contribution in [0.25, 0.3) is 0 Å². The third kappa shape index (κ3) is 7.90. The van der Waals surface area contributed by atoms with E-state index in [0.29, 0.717) is 5.90 Å². The molecule has 1 N–H and O–H groups in total. The Labute approximate surface area is 107 Å². The van der Waals surface area contributed by atoms with E-state index in [1.165, 1.54) is 19.1 Å². The number of rotatable bonds is 4. The summed E-state index contributed by atoms with van der Waals surface area (Å²) in [5.41, 5.74) is -0.508. The first kappa shape index (κ1) is 16.1. The average molecular weight is 262 g/mol. The van der Waals surface area contributed by atoms with Crippen molar-refractivity contribution in [3.05, 3.63) is 0 Å². The Morgan fingerprint density at radius 3 is 2.47 bits per heavy atom. The molecule has 0 heterocycles. The first-order valence-corrected chi connectivity index (χ1v) is 6.47. The molecule has 1 amide bonds. The van der Waals surface area contributed by atoms with Crippen LogP contribution in [0.3, 0.4) is 0 Å². The highest BCUT2D eigenvalue weighted by Crippen LogP contribution is 2.08. The molecule has 0 aromatic rings. The summed E-state index contributed by atoms with van der Waals surface area (Å²) in [6, 6.07) is -0.311. The molecule has 0 rings (SSSR count). The molecule has 0 fully saturated rings. The number of ether oxygens (including phenoxy) is 2. The van der Waals surface area contributed by atoms with Crippen LogP contribution in [0.4, 0.5) is 4.79 Å². The quantitative estimate of drug-likeness (QED) is 0.480. The van der Waals surface area contributed by atoms with Gasteiger partial charge in [0.05, 0.1) is 7.11 Å². The lowest BCUT2D eigenvalue weighted by atomic mass is 10.2.